The molecule has 2 aromatic heterocycles. The van der Waals surface area contributed by atoms with E-state index >= 15 is 0 Å². The number of nitrogens with zero attached hydrogens (tertiary/aromatic N) is 4. The van der Waals surface area contributed by atoms with Crippen LogP contribution >= 0.6 is 0 Å². The van der Waals surface area contributed by atoms with Gasteiger partial charge in [0.05, 0.1) is 18.9 Å². The van der Waals surface area contributed by atoms with E-state index in [0.717, 1.165) is 16.9 Å². The molecule has 0 bridgehead atoms. The number of imidazole rings is 1. The highest BCUT2D eigenvalue weighted by Crippen LogP contribution is 2.17. The molecule has 1 aromatic carbocycles. The number of rotatable bonds is 7. The van der Waals surface area contributed by atoms with E-state index in [4.69, 9.17) is 4.74 Å². The Kier molecular flexibility index (Phi) is 7.03. The second-order valence-corrected chi connectivity index (χ2v) is 9.11. The van der Waals surface area contributed by atoms with Gasteiger partial charge in [-0.3, -0.25) is 9.59 Å². The summed E-state index contributed by atoms with van der Waals surface area (Å²) in [4.78, 5) is 31.9. The summed E-state index contributed by atoms with van der Waals surface area (Å²) in [6.07, 6.45) is 5.22. The number of aromatic nitrogens is 3. The van der Waals surface area contributed by atoms with Gasteiger partial charge in [-0.05, 0) is 44.4 Å². The van der Waals surface area contributed by atoms with Crippen LogP contribution < -0.4 is 5.32 Å². The molecule has 1 saturated heterocycles. The molecular formula is C25H31N5O3. The monoisotopic (exact) mass is 449 g/mol. The summed E-state index contributed by atoms with van der Waals surface area (Å²) in [5.41, 5.74) is 1.84. The fourth-order valence-corrected chi connectivity index (χ4v) is 4.21. The molecule has 1 fully saturated rings. The van der Waals surface area contributed by atoms with Crippen molar-refractivity contribution >= 4 is 17.5 Å². The van der Waals surface area contributed by atoms with Crippen molar-refractivity contribution in [2.75, 3.05) is 26.3 Å². The second kappa shape index (κ2) is 10.1. The number of hydrogen-bond donors (Lipinski definition) is 1. The van der Waals surface area contributed by atoms with Crippen LogP contribution in [0.3, 0.4) is 0 Å². The molecule has 1 atom stereocenters. The van der Waals surface area contributed by atoms with E-state index in [1.807, 2.05) is 53.6 Å². The first kappa shape index (κ1) is 22.9. The molecule has 33 heavy (non-hydrogen) atoms. The van der Waals surface area contributed by atoms with Gasteiger partial charge in [0, 0.05) is 37.8 Å². The van der Waals surface area contributed by atoms with Gasteiger partial charge in [0.1, 0.15) is 5.54 Å². The van der Waals surface area contributed by atoms with E-state index in [0.29, 0.717) is 45.6 Å². The lowest BCUT2D eigenvalue weighted by molar-refractivity contribution is -0.140. The number of hydrogen-bond acceptors (Lipinski definition) is 5. The minimum absolute atomic E-state index is 0.0934. The predicted molar refractivity (Wildman–Crippen MR) is 125 cm³/mol. The Hall–Kier alpha value is -3.26. The van der Waals surface area contributed by atoms with E-state index in [2.05, 4.69) is 15.4 Å². The first-order valence-electron chi connectivity index (χ1n) is 11.4. The molecule has 1 aliphatic rings. The summed E-state index contributed by atoms with van der Waals surface area (Å²) < 4.78 is 7.54. The number of amides is 2. The normalized spacial score (nSPS) is 17.0. The molecule has 1 aliphatic heterocycles. The largest absolute Gasteiger partial charge is 0.379 e. The molecule has 0 aliphatic carbocycles. The van der Waals surface area contributed by atoms with Gasteiger partial charge in [-0.2, -0.15) is 5.10 Å². The van der Waals surface area contributed by atoms with Gasteiger partial charge in [0.2, 0.25) is 11.8 Å². The van der Waals surface area contributed by atoms with E-state index in [-0.39, 0.29) is 17.7 Å². The molecule has 3 aromatic rings. The Morgan fingerprint density at radius 3 is 2.82 bits per heavy atom. The number of carbonyl (C=O) groups excluding carboxylic acids is 2. The molecule has 3 heterocycles. The summed E-state index contributed by atoms with van der Waals surface area (Å²) in [7, 11) is 0. The Bertz CT molecular complexity index is 1100. The summed E-state index contributed by atoms with van der Waals surface area (Å²) in [5.74, 6) is -0.101. The lowest BCUT2D eigenvalue weighted by Gasteiger charge is -2.33. The average Bonchev–Trinajstić information content (AvgIpc) is 3.15. The summed E-state index contributed by atoms with van der Waals surface area (Å²) in [6.45, 7) is 5.65. The van der Waals surface area contributed by atoms with Crippen LogP contribution in [0.4, 0.5) is 0 Å². The van der Waals surface area contributed by atoms with Crippen LogP contribution in [0.5, 0.6) is 0 Å². The van der Waals surface area contributed by atoms with Crippen LogP contribution in [-0.4, -0.2) is 63.2 Å². The Morgan fingerprint density at radius 2 is 2.00 bits per heavy atom. The summed E-state index contributed by atoms with van der Waals surface area (Å²) >= 11 is 0. The Balaban J connectivity index is 1.35. The van der Waals surface area contributed by atoms with Crippen molar-refractivity contribution in [3.63, 3.8) is 0 Å². The number of benzene rings is 1. The highest BCUT2D eigenvalue weighted by Gasteiger charge is 2.35. The molecule has 174 valence electrons. The van der Waals surface area contributed by atoms with Crippen LogP contribution in [-0.2, 0) is 27.2 Å². The average molecular weight is 450 g/mol. The highest BCUT2D eigenvalue weighted by atomic mass is 16.5. The van der Waals surface area contributed by atoms with Gasteiger partial charge in [-0.25, -0.2) is 9.50 Å². The molecule has 0 saturated carbocycles. The van der Waals surface area contributed by atoms with Crippen LogP contribution in [0, 0.1) is 5.92 Å². The van der Waals surface area contributed by atoms with Crippen LogP contribution in [0.2, 0.25) is 0 Å². The zero-order chi connectivity index (χ0) is 23.3. The number of nitrogens with one attached hydrogen (secondary N) is 1. The van der Waals surface area contributed by atoms with Gasteiger partial charge < -0.3 is 15.0 Å². The predicted octanol–water partition coefficient (Wildman–Crippen LogP) is 2.27. The second-order valence-electron chi connectivity index (χ2n) is 9.11. The van der Waals surface area contributed by atoms with E-state index in [1.54, 1.807) is 24.6 Å². The number of ether oxygens (including phenoxy) is 1. The van der Waals surface area contributed by atoms with Crippen molar-refractivity contribution < 1.29 is 14.3 Å². The zero-order valence-electron chi connectivity index (χ0n) is 19.2. The quantitative estimate of drug-likeness (QED) is 0.598. The highest BCUT2D eigenvalue weighted by molar-refractivity contribution is 5.90. The van der Waals surface area contributed by atoms with Crippen LogP contribution in [0.25, 0.3) is 5.65 Å². The third-order valence-electron chi connectivity index (χ3n) is 5.90. The summed E-state index contributed by atoms with van der Waals surface area (Å²) in [6, 6.07) is 13.8. The van der Waals surface area contributed by atoms with Gasteiger partial charge in [-0.15, -0.1) is 0 Å². The molecule has 0 spiro atoms. The minimum atomic E-state index is -0.989. The standard InChI is InChI=1S/C25H31N5O3/c1-25(2,27-23(31)11-8-19-6-4-3-5-7-19)24(32)29-14-15-33-18-20(17-29)16-21-9-10-22-26-12-13-30(22)28-21/h3-7,9-10,12-13,20H,8,11,14-18H2,1-2H3,(H,27,31)/t20-/m1/s1. The van der Waals surface area contributed by atoms with E-state index in [9.17, 15) is 9.59 Å². The molecule has 2 amide bonds. The molecule has 0 radical (unpaired) electrons. The number of aryl methyl sites for hydroxylation is 1. The maximum absolute atomic E-state index is 13.3. The molecule has 0 unspecified atom stereocenters. The zero-order valence-corrected chi connectivity index (χ0v) is 19.2. The fraction of sp³-hybridized carbons (Fsp3) is 0.440. The summed E-state index contributed by atoms with van der Waals surface area (Å²) in [5, 5.41) is 7.53. The fourth-order valence-electron chi connectivity index (χ4n) is 4.21. The molecule has 4 rings (SSSR count). The van der Waals surface area contributed by atoms with Crippen molar-refractivity contribution in [1.82, 2.24) is 24.8 Å². The molecular weight excluding hydrogens is 418 g/mol. The first-order valence-corrected chi connectivity index (χ1v) is 11.4. The van der Waals surface area contributed by atoms with Crippen molar-refractivity contribution in [2.24, 2.45) is 5.92 Å². The first-order chi connectivity index (χ1) is 15.9. The van der Waals surface area contributed by atoms with Gasteiger partial charge >= 0.3 is 0 Å². The maximum Gasteiger partial charge on any atom is 0.247 e. The SMILES string of the molecule is CC(C)(NC(=O)CCc1ccccc1)C(=O)N1CCOC[C@H](Cc2ccc3nccn3n2)C1. The lowest BCUT2D eigenvalue weighted by Crippen LogP contribution is -2.57. The van der Waals surface area contributed by atoms with Crippen molar-refractivity contribution in [2.45, 2.75) is 38.6 Å². The Morgan fingerprint density at radius 1 is 1.18 bits per heavy atom. The third-order valence-corrected chi connectivity index (χ3v) is 5.90. The maximum atomic E-state index is 13.3. The smallest absolute Gasteiger partial charge is 0.247 e. The molecule has 8 heteroatoms. The van der Waals surface area contributed by atoms with Gasteiger partial charge in [-0.1, -0.05) is 30.3 Å². The third kappa shape index (κ3) is 5.96. The van der Waals surface area contributed by atoms with Crippen molar-refractivity contribution in [1.29, 1.82) is 0 Å². The van der Waals surface area contributed by atoms with Crippen LogP contribution in [0.1, 0.15) is 31.5 Å². The number of fused-ring (bicyclic) bond motifs is 1. The van der Waals surface area contributed by atoms with E-state index in [1.165, 1.54) is 0 Å². The lowest BCUT2D eigenvalue weighted by atomic mass is 9.99. The van der Waals surface area contributed by atoms with Gasteiger partial charge in [0.15, 0.2) is 5.65 Å². The topological polar surface area (TPSA) is 88.8 Å². The Labute approximate surface area is 193 Å². The van der Waals surface area contributed by atoms with Crippen molar-refractivity contribution in [3.05, 3.63) is 66.1 Å². The van der Waals surface area contributed by atoms with Crippen molar-refractivity contribution in [3.8, 4) is 0 Å². The minimum Gasteiger partial charge on any atom is -0.379 e. The van der Waals surface area contributed by atoms with Gasteiger partial charge in [0.25, 0.3) is 0 Å². The van der Waals surface area contributed by atoms with E-state index < -0.39 is 5.54 Å². The molecule has 1 N–H and O–H groups in total. The number of carbonyl (C=O) groups is 2. The van der Waals surface area contributed by atoms with Crippen LogP contribution in [0.15, 0.2) is 54.9 Å². The molecule has 8 nitrogen and oxygen atoms in total.